The molecule has 2 rings (SSSR count). The highest BCUT2D eigenvalue weighted by Gasteiger charge is 2.23. The Morgan fingerprint density at radius 2 is 2.35 bits per heavy atom. The van der Waals surface area contributed by atoms with Crippen molar-refractivity contribution in [3.63, 3.8) is 0 Å². The summed E-state index contributed by atoms with van der Waals surface area (Å²) in [5.41, 5.74) is 1.07. The van der Waals surface area contributed by atoms with E-state index in [0.717, 1.165) is 29.8 Å². The standard InChI is InChI=1S/C12H18N2OS.ClH/c1-8-5-7-16-11(8)12(15)14-10-4-3-6-13-9(10)2;/h5,7,9-10,13H,3-4,6H2,1-2H3,(H,14,15);1H. The van der Waals surface area contributed by atoms with Crippen LogP contribution in [0.25, 0.3) is 0 Å². The number of halogens is 1. The third kappa shape index (κ3) is 3.44. The Hall–Kier alpha value is -0.580. The van der Waals surface area contributed by atoms with Gasteiger partial charge in [0.2, 0.25) is 0 Å². The summed E-state index contributed by atoms with van der Waals surface area (Å²) < 4.78 is 0. The molecule has 1 aromatic heterocycles. The van der Waals surface area contributed by atoms with Crippen LogP contribution in [-0.2, 0) is 0 Å². The van der Waals surface area contributed by atoms with Gasteiger partial charge in [-0.15, -0.1) is 23.7 Å². The Morgan fingerprint density at radius 3 is 2.94 bits per heavy atom. The van der Waals surface area contributed by atoms with E-state index in [0.29, 0.717) is 6.04 Å². The van der Waals surface area contributed by atoms with Crippen LogP contribution in [0.3, 0.4) is 0 Å². The second kappa shape index (κ2) is 6.38. The average molecular weight is 275 g/mol. The summed E-state index contributed by atoms with van der Waals surface area (Å²) in [6.45, 7) is 5.17. The summed E-state index contributed by atoms with van der Waals surface area (Å²) in [4.78, 5) is 12.9. The molecule has 17 heavy (non-hydrogen) atoms. The molecule has 0 saturated carbocycles. The maximum absolute atomic E-state index is 12.0. The van der Waals surface area contributed by atoms with Crippen LogP contribution in [0.2, 0.25) is 0 Å². The second-order valence-electron chi connectivity index (χ2n) is 4.40. The zero-order valence-corrected chi connectivity index (χ0v) is 11.8. The number of thiophene rings is 1. The van der Waals surface area contributed by atoms with Gasteiger partial charge in [-0.2, -0.15) is 0 Å². The van der Waals surface area contributed by atoms with Crippen molar-refractivity contribution in [1.29, 1.82) is 0 Å². The van der Waals surface area contributed by atoms with Crippen LogP contribution in [0.15, 0.2) is 11.4 Å². The van der Waals surface area contributed by atoms with E-state index in [-0.39, 0.29) is 24.4 Å². The molecule has 1 amide bonds. The molecule has 2 unspecified atom stereocenters. The number of piperidine rings is 1. The van der Waals surface area contributed by atoms with Crippen molar-refractivity contribution in [2.24, 2.45) is 0 Å². The van der Waals surface area contributed by atoms with Gasteiger partial charge < -0.3 is 10.6 Å². The van der Waals surface area contributed by atoms with Gasteiger partial charge in [0.1, 0.15) is 0 Å². The van der Waals surface area contributed by atoms with E-state index >= 15 is 0 Å². The lowest BCUT2D eigenvalue weighted by Crippen LogP contribution is -2.51. The molecule has 3 nitrogen and oxygen atoms in total. The maximum atomic E-state index is 12.0. The number of carbonyl (C=O) groups excluding carboxylic acids is 1. The van der Waals surface area contributed by atoms with Crippen molar-refractivity contribution in [3.05, 3.63) is 21.9 Å². The first-order valence-electron chi connectivity index (χ1n) is 5.77. The largest absolute Gasteiger partial charge is 0.347 e. The fourth-order valence-corrected chi connectivity index (χ4v) is 2.91. The maximum Gasteiger partial charge on any atom is 0.261 e. The summed E-state index contributed by atoms with van der Waals surface area (Å²) in [6, 6.07) is 2.63. The normalized spacial score (nSPS) is 23.9. The Balaban J connectivity index is 0.00000144. The van der Waals surface area contributed by atoms with E-state index in [9.17, 15) is 4.79 Å². The Morgan fingerprint density at radius 1 is 1.59 bits per heavy atom. The van der Waals surface area contributed by atoms with Gasteiger partial charge in [-0.05, 0) is 50.2 Å². The number of hydrogen-bond donors (Lipinski definition) is 2. The molecular weight excluding hydrogens is 256 g/mol. The van der Waals surface area contributed by atoms with Gasteiger partial charge in [-0.3, -0.25) is 4.79 Å². The van der Waals surface area contributed by atoms with Crippen molar-refractivity contribution in [3.8, 4) is 0 Å². The van der Waals surface area contributed by atoms with Gasteiger partial charge in [0.05, 0.1) is 4.88 Å². The van der Waals surface area contributed by atoms with Crippen molar-refractivity contribution < 1.29 is 4.79 Å². The Labute approximate surface area is 112 Å². The molecule has 0 aromatic carbocycles. The Kier molecular flexibility index (Phi) is 5.43. The van der Waals surface area contributed by atoms with Crippen molar-refractivity contribution >= 4 is 29.7 Å². The van der Waals surface area contributed by atoms with Crippen LogP contribution >= 0.6 is 23.7 Å². The smallest absolute Gasteiger partial charge is 0.261 e. The highest BCUT2D eigenvalue weighted by Crippen LogP contribution is 2.16. The molecular formula is C12H19ClN2OS. The fourth-order valence-electron chi connectivity index (χ4n) is 2.08. The minimum atomic E-state index is 0. The predicted molar refractivity (Wildman–Crippen MR) is 74.3 cm³/mol. The predicted octanol–water partition coefficient (Wildman–Crippen LogP) is 2.35. The summed E-state index contributed by atoms with van der Waals surface area (Å²) in [5, 5.41) is 8.47. The van der Waals surface area contributed by atoms with Gasteiger partial charge in [0, 0.05) is 12.1 Å². The number of carbonyl (C=O) groups is 1. The third-order valence-corrected chi connectivity index (χ3v) is 4.16. The number of aryl methyl sites for hydroxylation is 1. The van der Waals surface area contributed by atoms with E-state index in [4.69, 9.17) is 0 Å². The summed E-state index contributed by atoms with van der Waals surface area (Å²) >= 11 is 1.52. The minimum Gasteiger partial charge on any atom is -0.347 e. The van der Waals surface area contributed by atoms with Crippen molar-refractivity contribution in [2.75, 3.05) is 6.54 Å². The summed E-state index contributed by atoms with van der Waals surface area (Å²) in [7, 11) is 0. The first kappa shape index (κ1) is 14.5. The molecule has 5 heteroatoms. The van der Waals surface area contributed by atoms with Gasteiger partial charge in [0.15, 0.2) is 0 Å². The zero-order valence-electron chi connectivity index (χ0n) is 10.2. The summed E-state index contributed by atoms with van der Waals surface area (Å²) in [5.74, 6) is 0.0769. The van der Waals surface area contributed by atoms with Crippen LogP contribution in [-0.4, -0.2) is 24.5 Å². The summed E-state index contributed by atoms with van der Waals surface area (Å²) in [6.07, 6.45) is 2.21. The number of hydrogen-bond acceptors (Lipinski definition) is 3. The number of nitrogens with one attached hydrogen (secondary N) is 2. The molecule has 2 N–H and O–H groups in total. The highest BCUT2D eigenvalue weighted by atomic mass is 35.5. The topological polar surface area (TPSA) is 41.1 Å². The minimum absolute atomic E-state index is 0. The van der Waals surface area contributed by atoms with E-state index < -0.39 is 0 Å². The first-order valence-corrected chi connectivity index (χ1v) is 6.65. The van der Waals surface area contributed by atoms with E-state index in [1.54, 1.807) is 0 Å². The number of rotatable bonds is 2. The zero-order chi connectivity index (χ0) is 11.5. The molecule has 1 aliphatic rings. The van der Waals surface area contributed by atoms with Gasteiger partial charge in [-0.1, -0.05) is 0 Å². The lowest BCUT2D eigenvalue weighted by Gasteiger charge is -2.30. The Bertz CT molecular complexity index is 380. The highest BCUT2D eigenvalue weighted by molar-refractivity contribution is 7.12. The van der Waals surface area contributed by atoms with Crippen molar-refractivity contribution in [1.82, 2.24) is 10.6 Å². The van der Waals surface area contributed by atoms with Gasteiger partial charge in [-0.25, -0.2) is 0 Å². The van der Waals surface area contributed by atoms with Crippen LogP contribution in [0.4, 0.5) is 0 Å². The lowest BCUT2D eigenvalue weighted by molar-refractivity contribution is 0.0923. The van der Waals surface area contributed by atoms with Crippen LogP contribution in [0, 0.1) is 6.92 Å². The van der Waals surface area contributed by atoms with Crippen LogP contribution in [0.5, 0.6) is 0 Å². The average Bonchev–Trinajstić information content (AvgIpc) is 2.68. The van der Waals surface area contributed by atoms with Crippen LogP contribution in [0.1, 0.15) is 35.0 Å². The number of amides is 1. The lowest BCUT2D eigenvalue weighted by atomic mass is 10.00. The molecule has 1 aliphatic heterocycles. The second-order valence-corrected chi connectivity index (χ2v) is 5.31. The SMILES string of the molecule is Cc1ccsc1C(=O)NC1CCCNC1C.Cl. The molecule has 0 bridgehead atoms. The third-order valence-electron chi connectivity index (χ3n) is 3.15. The van der Waals surface area contributed by atoms with Gasteiger partial charge >= 0.3 is 0 Å². The molecule has 1 fully saturated rings. The molecule has 0 spiro atoms. The van der Waals surface area contributed by atoms with E-state index in [1.165, 1.54) is 11.3 Å². The molecule has 2 atom stereocenters. The molecule has 0 radical (unpaired) electrons. The molecule has 1 aromatic rings. The van der Waals surface area contributed by atoms with E-state index in [2.05, 4.69) is 17.6 Å². The quantitative estimate of drug-likeness (QED) is 0.869. The molecule has 0 aliphatic carbocycles. The van der Waals surface area contributed by atoms with E-state index in [1.807, 2.05) is 18.4 Å². The fraction of sp³-hybridized carbons (Fsp3) is 0.583. The molecule has 1 saturated heterocycles. The van der Waals surface area contributed by atoms with Crippen molar-refractivity contribution in [2.45, 2.75) is 38.8 Å². The monoisotopic (exact) mass is 274 g/mol. The molecule has 96 valence electrons. The van der Waals surface area contributed by atoms with Crippen LogP contribution < -0.4 is 10.6 Å². The van der Waals surface area contributed by atoms with Gasteiger partial charge in [0.25, 0.3) is 5.91 Å². The molecule has 2 heterocycles. The first-order chi connectivity index (χ1) is 7.68.